The van der Waals surface area contributed by atoms with Gasteiger partial charge in [-0.15, -0.1) is 6.92 Å². The zero-order valence-corrected chi connectivity index (χ0v) is 40.8. The first-order valence-electron chi connectivity index (χ1n) is 21.5. The number of fused-ring (bicyclic) bond motifs is 8. The first-order valence-corrected chi connectivity index (χ1v) is 22.8. The topological polar surface area (TPSA) is 0 Å². The summed E-state index contributed by atoms with van der Waals surface area (Å²) in [4.78, 5) is 0. The van der Waals surface area contributed by atoms with Crippen LogP contribution in [0, 0.1) is 33.5 Å². The molecule has 6 aromatic rings. The first-order chi connectivity index (χ1) is 27.8. The smallest absolute Gasteiger partial charge is 0.172 e. The van der Waals surface area contributed by atoms with Gasteiger partial charge in [-0.2, -0.15) is 29.3 Å². The van der Waals surface area contributed by atoms with Gasteiger partial charge in [0.05, 0.1) is 0 Å². The average molecular weight is 907 g/mol. The maximum absolute atomic E-state index is 2.62. The van der Waals surface area contributed by atoms with Crippen LogP contribution in [0.4, 0.5) is 0 Å². The van der Waals surface area contributed by atoms with Crippen LogP contribution in [-0.4, -0.2) is 3.21 Å². The third-order valence-corrected chi connectivity index (χ3v) is 16.8. The summed E-state index contributed by atoms with van der Waals surface area (Å²) in [6.45, 7) is 20.3. The molecule has 2 atom stereocenters. The second-order valence-corrected chi connectivity index (χ2v) is 20.7. The standard InChI is InChI=1S/C29H37.C23H18.C5H5.2ClH.Zr/c1-18-25-22-17-19-13-9-10-14-20(19)24(22)21-15-11-12-16-23(21)29(25,8)28(6,7)27(4,5)26(18,2)3;1-3-16-22-18(8-1)10-5-12-20(22)14-7-15-21-13-6-11-19-9-2-4-17-23(19)21;1-2-4-5-3-1;;;/h9-11,13-15,23H,12,16-17H2,1-8H3;1-6,8-13,16-17H,14-15H2;1-5H;2*1H;/q-1;;-1;;;+2/p-2. The SMILES string of the molecule is C[C-]1C2=C3Cc4ccccc4C3=C3C=CCCC3C2(C)C(C)(C)C(C)(C)C1(C)C.[Cl-].[Cl-].[Zr+2]=[C](Cc1cccc2ccccc12)Cc1cccc2ccccc12.c1cc[cH-]c1. The molecule has 0 nitrogen and oxygen atoms in total. The monoisotopic (exact) mass is 904 g/mol. The van der Waals surface area contributed by atoms with Crippen LogP contribution < -0.4 is 24.8 Å². The average Bonchev–Trinajstić information content (AvgIpc) is 3.94. The van der Waals surface area contributed by atoms with E-state index in [0.29, 0.717) is 5.92 Å². The second kappa shape index (κ2) is 18.0. The van der Waals surface area contributed by atoms with Gasteiger partial charge in [-0.05, 0) is 40.6 Å². The molecule has 1 saturated carbocycles. The van der Waals surface area contributed by atoms with Gasteiger partial charge in [-0.25, -0.2) is 18.1 Å². The van der Waals surface area contributed by atoms with Gasteiger partial charge < -0.3 is 24.8 Å². The molecule has 2 unspecified atom stereocenters. The van der Waals surface area contributed by atoms with Gasteiger partial charge in [0.1, 0.15) is 0 Å². The summed E-state index contributed by atoms with van der Waals surface area (Å²) in [6.07, 6.45) is 10.6. The van der Waals surface area contributed by atoms with Gasteiger partial charge in [0.15, 0.2) is 0 Å². The van der Waals surface area contributed by atoms with E-state index in [-0.39, 0.29) is 46.5 Å². The van der Waals surface area contributed by atoms with Gasteiger partial charge in [-0.1, -0.05) is 113 Å². The van der Waals surface area contributed by atoms with E-state index in [0.717, 1.165) is 19.3 Å². The predicted molar refractivity (Wildman–Crippen MR) is 247 cm³/mol. The zero-order chi connectivity index (χ0) is 40.9. The molecule has 10 rings (SSSR count). The van der Waals surface area contributed by atoms with E-state index >= 15 is 0 Å². The molecule has 4 aliphatic carbocycles. The van der Waals surface area contributed by atoms with Crippen LogP contribution in [0.2, 0.25) is 0 Å². The fraction of sp³-hybridized carbons (Fsp3) is 0.316. The molecule has 0 bridgehead atoms. The van der Waals surface area contributed by atoms with E-state index in [2.05, 4.69) is 177 Å². The summed E-state index contributed by atoms with van der Waals surface area (Å²) in [6, 6.07) is 49.9. The number of hydrogen-bond acceptors (Lipinski definition) is 0. The molecule has 1 fully saturated rings. The van der Waals surface area contributed by atoms with Crippen molar-refractivity contribution >= 4 is 30.3 Å². The molecule has 6 aromatic carbocycles. The minimum absolute atomic E-state index is 0. The second-order valence-electron chi connectivity index (χ2n) is 18.9. The molecule has 0 radical (unpaired) electrons. The van der Waals surface area contributed by atoms with Gasteiger partial charge >= 0.3 is 158 Å². The molecule has 308 valence electrons. The van der Waals surface area contributed by atoms with Crippen LogP contribution in [-0.2, 0) is 43.5 Å². The summed E-state index contributed by atoms with van der Waals surface area (Å²) in [7, 11) is 0. The quantitative estimate of drug-likeness (QED) is 0.155. The molecule has 4 aliphatic rings. The molecule has 0 aliphatic heterocycles. The maximum Gasteiger partial charge on any atom is -0.172 e. The number of allylic oxidation sites excluding steroid dienone is 6. The molecule has 0 N–H and O–H groups in total. The van der Waals surface area contributed by atoms with E-state index < -0.39 is 0 Å². The maximum atomic E-state index is 2.62. The van der Waals surface area contributed by atoms with Crippen molar-refractivity contribution in [2.24, 2.45) is 27.6 Å². The van der Waals surface area contributed by atoms with Crippen LogP contribution in [0.25, 0.3) is 27.1 Å². The Labute approximate surface area is 388 Å². The number of hydrogen-bond donors (Lipinski definition) is 0. The van der Waals surface area contributed by atoms with Crippen molar-refractivity contribution in [3.05, 3.63) is 197 Å². The van der Waals surface area contributed by atoms with Crippen molar-refractivity contribution in [3.63, 3.8) is 0 Å². The zero-order valence-electron chi connectivity index (χ0n) is 36.8. The molecule has 60 heavy (non-hydrogen) atoms. The molecular formula is C57H60Cl2Zr-2. The number of benzene rings is 5. The largest absolute Gasteiger partial charge is 0.214 e. The van der Waals surface area contributed by atoms with Crippen LogP contribution in [0.3, 0.4) is 0 Å². The summed E-state index contributed by atoms with van der Waals surface area (Å²) < 4.78 is 1.59. The molecule has 0 aromatic heterocycles. The summed E-state index contributed by atoms with van der Waals surface area (Å²) in [5, 5.41) is 5.45. The minimum Gasteiger partial charge on any atom is -0.214 e. The third-order valence-electron chi connectivity index (χ3n) is 15.9. The van der Waals surface area contributed by atoms with Crippen molar-refractivity contribution in [1.82, 2.24) is 0 Å². The molecule has 0 heterocycles. The number of halogens is 2. The van der Waals surface area contributed by atoms with E-state index in [9.17, 15) is 0 Å². The van der Waals surface area contributed by atoms with E-state index in [1.165, 1.54) is 80.9 Å². The minimum atomic E-state index is 0. The van der Waals surface area contributed by atoms with Gasteiger partial charge in [0.2, 0.25) is 0 Å². The first kappa shape index (κ1) is 45.9. The fourth-order valence-electron chi connectivity index (χ4n) is 11.3. The summed E-state index contributed by atoms with van der Waals surface area (Å²) in [5.74, 6) is 2.24. The van der Waals surface area contributed by atoms with Crippen molar-refractivity contribution in [2.45, 2.75) is 87.5 Å². The molecule has 0 amide bonds. The Morgan fingerprint density at radius 3 is 1.77 bits per heavy atom. The Morgan fingerprint density at radius 1 is 0.667 bits per heavy atom. The Morgan fingerprint density at radius 2 is 1.20 bits per heavy atom. The van der Waals surface area contributed by atoms with Crippen LogP contribution in [0.5, 0.6) is 0 Å². The van der Waals surface area contributed by atoms with Crippen molar-refractivity contribution in [1.29, 1.82) is 0 Å². The van der Waals surface area contributed by atoms with Crippen molar-refractivity contribution < 1.29 is 49.0 Å². The Balaban J connectivity index is 0.000000177. The van der Waals surface area contributed by atoms with E-state index in [1.807, 2.05) is 30.3 Å². The molecule has 0 saturated heterocycles. The van der Waals surface area contributed by atoms with Crippen LogP contribution in [0.1, 0.15) is 90.5 Å². The Kier molecular flexibility index (Phi) is 13.8. The van der Waals surface area contributed by atoms with E-state index in [4.69, 9.17) is 0 Å². The van der Waals surface area contributed by atoms with Crippen LogP contribution >= 0.6 is 0 Å². The molecule has 0 spiro atoms. The Bertz CT molecular complexity index is 2470. The van der Waals surface area contributed by atoms with Crippen molar-refractivity contribution in [2.75, 3.05) is 0 Å². The fourth-order valence-corrected chi connectivity index (χ4v) is 12.2. The molecular weight excluding hydrogens is 847 g/mol. The van der Waals surface area contributed by atoms with Crippen molar-refractivity contribution in [3.8, 4) is 0 Å². The van der Waals surface area contributed by atoms with Crippen LogP contribution in [0.15, 0.2) is 168 Å². The normalized spacial score (nSPS) is 21.2. The van der Waals surface area contributed by atoms with Gasteiger partial charge in [0.25, 0.3) is 0 Å². The summed E-state index contributed by atoms with van der Waals surface area (Å²) in [5.41, 5.74) is 13.2. The summed E-state index contributed by atoms with van der Waals surface area (Å²) >= 11 is 1.53. The third kappa shape index (κ3) is 7.65. The van der Waals surface area contributed by atoms with Gasteiger partial charge in [0, 0.05) is 0 Å². The van der Waals surface area contributed by atoms with Gasteiger partial charge in [-0.3, -0.25) is 0 Å². The predicted octanol–water partition coefficient (Wildman–Crippen LogP) is 8.88. The molecule has 3 heteroatoms. The number of rotatable bonds is 4. The van der Waals surface area contributed by atoms with E-state index in [1.54, 1.807) is 31.4 Å². The Hall–Kier alpha value is -3.61.